The van der Waals surface area contributed by atoms with Crippen LogP contribution in [0.4, 0.5) is 0 Å². The largest absolute Gasteiger partial charge is 0.496 e. The minimum atomic E-state index is -0.692. The number of methoxy groups -OCH3 is 1. The summed E-state index contributed by atoms with van der Waals surface area (Å²) in [5.74, 6) is 0.891. The van der Waals surface area contributed by atoms with E-state index in [9.17, 15) is 5.11 Å². The van der Waals surface area contributed by atoms with Crippen molar-refractivity contribution in [3.63, 3.8) is 0 Å². The van der Waals surface area contributed by atoms with Crippen molar-refractivity contribution in [2.24, 2.45) is 0 Å². The highest BCUT2D eigenvalue weighted by Gasteiger charge is 2.12. The van der Waals surface area contributed by atoms with Crippen molar-refractivity contribution in [3.05, 3.63) is 42.0 Å². The van der Waals surface area contributed by atoms with Gasteiger partial charge in [-0.15, -0.1) is 0 Å². The molecule has 3 heteroatoms. The van der Waals surface area contributed by atoms with Gasteiger partial charge in [0.1, 0.15) is 5.75 Å². The molecule has 19 heavy (non-hydrogen) atoms. The molecule has 0 spiro atoms. The molecule has 0 aliphatic carbocycles. The number of nitrogens with one attached hydrogen (secondary N) is 1. The van der Waals surface area contributed by atoms with E-state index in [1.807, 2.05) is 18.2 Å². The van der Waals surface area contributed by atoms with E-state index >= 15 is 0 Å². The molecular formula is C16H21NO2. The fraction of sp³-hybridized carbons (Fsp3) is 0.375. The van der Waals surface area contributed by atoms with E-state index < -0.39 is 5.60 Å². The third kappa shape index (κ3) is 3.46. The number of aliphatic hydroxyl groups is 1. The summed E-state index contributed by atoms with van der Waals surface area (Å²) in [6.45, 7) is 4.89. The molecule has 0 heterocycles. The molecule has 2 aromatic carbocycles. The van der Waals surface area contributed by atoms with Gasteiger partial charge in [-0.2, -0.15) is 0 Å². The molecule has 0 unspecified atom stereocenters. The zero-order valence-corrected chi connectivity index (χ0v) is 11.7. The summed E-state index contributed by atoms with van der Waals surface area (Å²) in [6, 6.07) is 12.3. The molecule has 0 bridgehead atoms. The lowest BCUT2D eigenvalue weighted by molar-refractivity contribution is 0.0795. The minimum Gasteiger partial charge on any atom is -0.496 e. The normalized spacial score (nSPS) is 11.8. The molecule has 2 rings (SSSR count). The van der Waals surface area contributed by atoms with Crippen LogP contribution in [0, 0.1) is 0 Å². The molecule has 2 aromatic rings. The monoisotopic (exact) mass is 259 g/mol. The summed E-state index contributed by atoms with van der Waals surface area (Å²) in [5, 5.41) is 15.3. The number of rotatable bonds is 5. The molecule has 0 saturated carbocycles. The van der Waals surface area contributed by atoms with Crippen LogP contribution in [0.2, 0.25) is 0 Å². The summed E-state index contributed by atoms with van der Waals surface area (Å²) in [6.07, 6.45) is 0. The van der Waals surface area contributed by atoms with Crippen molar-refractivity contribution in [1.82, 2.24) is 5.32 Å². The quantitative estimate of drug-likeness (QED) is 0.867. The standard InChI is InChI=1S/C16H21NO2/c1-16(2,18)11-17-10-12-8-9-15(19-3)14-7-5-4-6-13(12)14/h4-9,17-18H,10-11H2,1-3H3. The van der Waals surface area contributed by atoms with Gasteiger partial charge in [-0.25, -0.2) is 0 Å². The minimum absolute atomic E-state index is 0.563. The first-order valence-electron chi connectivity index (χ1n) is 6.49. The summed E-state index contributed by atoms with van der Waals surface area (Å²) >= 11 is 0. The number of benzene rings is 2. The van der Waals surface area contributed by atoms with Crippen LogP contribution < -0.4 is 10.1 Å². The summed E-state index contributed by atoms with van der Waals surface area (Å²) in [5.41, 5.74) is 0.517. The van der Waals surface area contributed by atoms with Crippen molar-refractivity contribution in [1.29, 1.82) is 0 Å². The fourth-order valence-electron chi connectivity index (χ4n) is 2.17. The van der Waals surface area contributed by atoms with E-state index in [0.717, 1.165) is 17.7 Å². The van der Waals surface area contributed by atoms with Crippen LogP contribution in [0.3, 0.4) is 0 Å². The Kier molecular flexibility index (Phi) is 4.08. The van der Waals surface area contributed by atoms with Gasteiger partial charge in [0, 0.05) is 18.5 Å². The van der Waals surface area contributed by atoms with Gasteiger partial charge < -0.3 is 15.2 Å². The second-order valence-electron chi connectivity index (χ2n) is 5.39. The second-order valence-corrected chi connectivity index (χ2v) is 5.39. The Morgan fingerprint density at radius 3 is 2.42 bits per heavy atom. The molecule has 0 aromatic heterocycles. The Morgan fingerprint density at radius 2 is 1.79 bits per heavy atom. The van der Waals surface area contributed by atoms with Gasteiger partial charge in [0.2, 0.25) is 0 Å². The Labute approximate surface area is 114 Å². The van der Waals surface area contributed by atoms with E-state index in [2.05, 4.69) is 23.5 Å². The van der Waals surface area contributed by atoms with Gasteiger partial charge in [-0.1, -0.05) is 30.3 Å². The van der Waals surface area contributed by atoms with Crippen molar-refractivity contribution in [3.8, 4) is 5.75 Å². The first-order valence-corrected chi connectivity index (χ1v) is 6.49. The number of ether oxygens (including phenoxy) is 1. The SMILES string of the molecule is COc1ccc(CNCC(C)(C)O)c2ccccc12. The van der Waals surface area contributed by atoms with Crippen LogP contribution >= 0.6 is 0 Å². The average Bonchev–Trinajstić information content (AvgIpc) is 2.37. The molecule has 0 aliphatic rings. The zero-order valence-electron chi connectivity index (χ0n) is 11.7. The molecule has 3 nitrogen and oxygen atoms in total. The lowest BCUT2D eigenvalue weighted by atomic mass is 10.0. The zero-order chi connectivity index (χ0) is 13.9. The Morgan fingerprint density at radius 1 is 1.11 bits per heavy atom. The van der Waals surface area contributed by atoms with Gasteiger partial charge >= 0.3 is 0 Å². The molecule has 0 amide bonds. The summed E-state index contributed by atoms with van der Waals surface area (Å²) in [4.78, 5) is 0. The topological polar surface area (TPSA) is 41.5 Å². The fourth-order valence-corrected chi connectivity index (χ4v) is 2.17. The van der Waals surface area contributed by atoms with E-state index in [1.54, 1.807) is 21.0 Å². The average molecular weight is 259 g/mol. The Hall–Kier alpha value is -1.58. The van der Waals surface area contributed by atoms with Gasteiger partial charge in [-0.3, -0.25) is 0 Å². The van der Waals surface area contributed by atoms with Gasteiger partial charge in [-0.05, 0) is 30.9 Å². The molecule has 0 fully saturated rings. The Bertz CT molecular complexity index is 558. The van der Waals surface area contributed by atoms with Crippen LogP contribution in [-0.4, -0.2) is 24.4 Å². The van der Waals surface area contributed by atoms with E-state index in [-0.39, 0.29) is 0 Å². The highest BCUT2D eigenvalue weighted by molar-refractivity contribution is 5.91. The maximum atomic E-state index is 9.71. The molecule has 0 aliphatic heterocycles. The van der Waals surface area contributed by atoms with Crippen LogP contribution in [0.25, 0.3) is 10.8 Å². The number of hydrogen-bond acceptors (Lipinski definition) is 3. The van der Waals surface area contributed by atoms with Crippen LogP contribution in [0.1, 0.15) is 19.4 Å². The maximum absolute atomic E-state index is 9.71. The predicted molar refractivity (Wildman–Crippen MR) is 78.5 cm³/mol. The van der Waals surface area contributed by atoms with E-state index in [4.69, 9.17) is 4.74 Å². The van der Waals surface area contributed by atoms with Crippen molar-refractivity contribution < 1.29 is 9.84 Å². The summed E-state index contributed by atoms with van der Waals surface area (Å²) < 4.78 is 5.38. The van der Waals surface area contributed by atoms with Crippen LogP contribution in [0.15, 0.2) is 36.4 Å². The molecule has 0 radical (unpaired) electrons. The predicted octanol–water partition coefficient (Wildman–Crippen LogP) is 2.71. The highest BCUT2D eigenvalue weighted by atomic mass is 16.5. The van der Waals surface area contributed by atoms with Gasteiger partial charge in [0.25, 0.3) is 0 Å². The lowest BCUT2D eigenvalue weighted by Gasteiger charge is -2.18. The second kappa shape index (κ2) is 5.59. The van der Waals surface area contributed by atoms with E-state index in [0.29, 0.717) is 6.54 Å². The molecule has 0 atom stereocenters. The smallest absolute Gasteiger partial charge is 0.126 e. The van der Waals surface area contributed by atoms with E-state index in [1.165, 1.54) is 10.9 Å². The number of fused-ring (bicyclic) bond motifs is 1. The maximum Gasteiger partial charge on any atom is 0.126 e. The third-order valence-electron chi connectivity index (χ3n) is 3.07. The number of hydrogen-bond donors (Lipinski definition) is 2. The molecular weight excluding hydrogens is 238 g/mol. The lowest BCUT2D eigenvalue weighted by Crippen LogP contribution is -2.34. The molecule has 2 N–H and O–H groups in total. The first kappa shape index (κ1) is 13.8. The van der Waals surface area contributed by atoms with Crippen LogP contribution in [-0.2, 0) is 6.54 Å². The Balaban J connectivity index is 2.24. The van der Waals surface area contributed by atoms with Gasteiger partial charge in [0.05, 0.1) is 12.7 Å². The molecule has 102 valence electrons. The van der Waals surface area contributed by atoms with Crippen LogP contribution in [0.5, 0.6) is 5.75 Å². The van der Waals surface area contributed by atoms with Crippen molar-refractivity contribution >= 4 is 10.8 Å². The van der Waals surface area contributed by atoms with Gasteiger partial charge in [0.15, 0.2) is 0 Å². The molecule has 0 saturated heterocycles. The highest BCUT2D eigenvalue weighted by Crippen LogP contribution is 2.28. The third-order valence-corrected chi connectivity index (χ3v) is 3.07. The van der Waals surface area contributed by atoms with Crippen molar-refractivity contribution in [2.45, 2.75) is 26.0 Å². The van der Waals surface area contributed by atoms with Crippen molar-refractivity contribution in [2.75, 3.05) is 13.7 Å². The summed E-state index contributed by atoms with van der Waals surface area (Å²) in [7, 11) is 1.69. The first-order chi connectivity index (χ1) is 9.01.